The Labute approximate surface area is 127 Å². The van der Waals surface area contributed by atoms with Crippen molar-refractivity contribution in [2.75, 3.05) is 18.1 Å². The van der Waals surface area contributed by atoms with Crippen LogP contribution in [-0.2, 0) is 16.4 Å². The number of hydrogen-bond donors (Lipinski definition) is 0. The summed E-state index contributed by atoms with van der Waals surface area (Å²) in [7, 11) is -2.86. The highest BCUT2D eigenvalue weighted by molar-refractivity contribution is 7.91. The molecule has 1 aromatic rings. The van der Waals surface area contributed by atoms with Crippen molar-refractivity contribution < 1.29 is 8.42 Å². The van der Waals surface area contributed by atoms with E-state index in [-0.39, 0.29) is 6.04 Å². The topological polar surface area (TPSA) is 55.2 Å². The number of aromatic nitrogens is 2. The van der Waals surface area contributed by atoms with E-state index < -0.39 is 9.84 Å². The maximum absolute atomic E-state index is 12.0. The van der Waals surface area contributed by atoms with Gasteiger partial charge in [-0.1, -0.05) is 6.42 Å². The van der Waals surface area contributed by atoms with E-state index in [4.69, 9.17) is 0 Å². The second kappa shape index (κ2) is 5.72. The summed E-state index contributed by atoms with van der Waals surface area (Å²) in [5.41, 5.74) is 1.19. The minimum Gasteiger partial charge on any atom is -0.331 e. The van der Waals surface area contributed by atoms with Gasteiger partial charge in [-0.25, -0.2) is 13.4 Å². The van der Waals surface area contributed by atoms with Crippen molar-refractivity contribution in [1.29, 1.82) is 0 Å². The summed E-state index contributed by atoms with van der Waals surface area (Å²) >= 11 is 0. The summed E-state index contributed by atoms with van der Waals surface area (Å²) in [5, 5.41) is 0. The highest BCUT2D eigenvalue weighted by atomic mass is 32.2. The molecule has 2 aliphatic rings. The molecule has 0 N–H and O–H groups in total. The van der Waals surface area contributed by atoms with Crippen LogP contribution < -0.4 is 0 Å². The van der Waals surface area contributed by atoms with Crippen molar-refractivity contribution in [1.82, 2.24) is 14.5 Å². The number of rotatable bonds is 4. The van der Waals surface area contributed by atoms with Crippen LogP contribution in [0.4, 0.5) is 0 Å². The van der Waals surface area contributed by atoms with Gasteiger partial charge in [0.25, 0.3) is 0 Å². The Bertz CT molecular complexity index is 590. The fraction of sp³-hybridized carbons (Fsp3) is 0.800. The normalized spacial score (nSPS) is 26.9. The molecule has 21 heavy (non-hydrogen) atoms. The Morgan fingerprint density at radius 3 is 2.76 bits per heavy atom. The predicted molar refractivity (Wildman–Crippen MR) is 82.8 cm³/mol. The lowest BCUT2D eigenvalue weighted by molar-refractivity contribution is 0.101. The highest BCUT2D eigenvalue weighted by Crippen LogP contribution is 2.35. The van der Waals surface area contributed by atoms with Gasteiger partial charge < -0.3 is 4.57 Å². The predicted octanol–water partition coefficient (Wildman–Crippen LogP) is 1.86. The third-order valence-corrected chi connectivity index (χ3v) is 6.60. The van der Waals surface area contributed by atoms with Crippen LogP contribution in [0.25, 0.3) is 0 Å². The van der Waals surface area contributed by atoms with Crippen LogP contribution in [0.2, 0.25) is 0 Å². The second-order valence-electron chi connectivity index (χ2n) is 6.73. The Hall–Kier alpha value is -0.880. The van der Waals surface area contributed by atoms with Crippen LogP contribution in [0.1, 0.15) is 44.8 Å². The lowest BCUT2D eigenvalue weighted by Gasteiger charge is -2.43. The molecule has 1 aliphatic heterocycles. The first-order valence-electron chi connectivity index (χ1n) is 7.91. The molecular weight excluding hydrogens is 286 g/mol. The standard InChI is InChI=1S/C15H25N3O2S/c1-12(2)18-11-16-8-14(18)9-17-6-7-21(19,20)10-15(17)13-4-3-5-13/h8,11-13,15H,3-7,9-10H2,1-2H3. The molecule has 3 rings (SSSR count). The molecule has 2 heterocycles. The van der Waals surface area contributed by atoms with Crippen molar-refractivity contribution >= 4 is 9.84 Å². The van der Waals surface area contributed by atoms with Gasteiger partial charge >= 0.3 is 0 Å². The lowest BCUT2D eigenvalue weighted by atomic mass is 9.79. The molecule has 1 saturated carbocycles. The van der Waals surface area contributed by atoms with Crippen molar-refractivity contribution in [2.45, 2.75) is 51.7 Å². The maximum Gasteiger partial charge on any atom is 0.153 e. The molecule has 0 bridgehead atoms. The van der Waals surface area contributed by atoms with Gasteiger partial charge in [-0.2, -0.15) is 0 Å². The van der Waals surface area contributed by atoms with Crippen LogP contribution in [0, 0.1) is 5.92 Å². The fourth-order valence-corrected chi connectivity index (χ4v) is 5.14. The number of imidazole rings is 1. The summed E-state index contributed by atoms with van der Waals surface area (Å²) in [6, 6.07) is 0.589. The molecule has 118 valence electrons. The summed E-state index contributed by atoms with van der Waals surface area (Å²) in [6.45, 7) is 5.77. The smallest absolute Gasteiger partial charge is 0.153 e. The molecule has 0 aromatic carbocycles. The van der Waals surface area contributed by atoms with E-state index in [1.807, 2.05) is 12.5 Å². The van der Waals surface area contributed by atoms with E-state index in [2.05, 4.69) is 28.3 Å². The van der Waals surface area contributed by atoms with Crippen LogP contribution in [0.15, 0.2) is 12.5 Å². The van der Waals surface area contributed by atoms with E-state index in [0.29, 0.717) is 30.0 Å². The van der Waals surface area contributed by atoms with Gasteiger partial charge in [0.05, 0.1) is 23.5 Å². The average Bonchev–Trinajstić information content (AvgIpc) is 2.78. The Morgan fingerprint density at radius 2 is 2.14 bits per heavy atom. The van der Waals surface area contributed by atoms with Crippen LogP contribution in [0.5, 0.6) is 0 Å². The highest BCUT2D eigenvalue weighted by Gasteiger charge is 2.38. The zero-order chi connectivity index (χ0) is 15.0. The maximum atomic E-state index is 12.0. The van der Waals surface area contributed by atoms with Crippen molar-refractivity contribution in [3.63, 3.8) is 0 Å². The molecule has 1 unspecified atom stereocenters. The largest absolute Gasteiger partial charge is 0.331 e. The summed E-state index contributed by atoms with van der Waals surface area (Å²) in [4.78, 5) is 6.64. The average molecular weight is 311 g/mol. The van der Waals surface area contributed by atoms with E-state index in [1.54, 1.807) is 0 Å². The molecular formula is C15H25N3O2S. The van der Waals surface area contributed by atoms with Gasteiger partial charge in [-0.3, -0.25) is 4.90 Å². The number of sulfone groups is 1. The molecule has 1 atom stereocenters. The van der Waals surface area contributed by atoms with E-state index in [0.717, 1.165) is 6.54 Å². The Morgan fingerprint density at radius 1 is 1.38 bits per heavy atom. The fourth-order valence-electron chi connectivity index (χ4n) is 3.45. The molecule has 5 nitrogen and oxygen atoms in total. The zero-order valence-electron chi connectivity index (χ0n) is 12.9. The summed E-state index contributed by atoms with van der Waals surface area (Å²) in [5.74, 6) is 1.20. The molecule has 1 saturated heterocycles. The first-order valence-corrected chi connectivity index (χ1v) is 9.73. The van der Waals surface area contributed by atoms with Crippen molar-refractivity contribution in [3.05, 3.63) is 18.2 Å². The number of hydrogen-bond acceptors (Lipinski definition) is 4. The number of nitrogens with zero attached hydrogens (tertiary/aromatic N) is 3. The van der Waals surface area contributed by atoms with Crippen molar-refractivity contribution in [2.24, 2.45) is 5.92 Å². The van der Waals surface area contributed by atoms with Gasteiger partial charge in [0.1, 0.15) is 0 Å². The van der Waals surface area contributed by atoms with Gasteiger partial charge in [0, 0.05) is 31.4 Å². The Balaban J connectivity index is 1.77. The molecule has 0 spiro atoms. The Kier molecular flexibility index (Phi) is 4.10. The van der Waals surface area contributed by atoms with Crippen molar-refractivity contribution in [3.8, 4) is 0 Å². The lowest BCUT2D eigenvalue weighted by Crippen LogP contribution is -2.53. The van der Waals surface area contributed by atoms with Crippen LogP contribution >= 0.6 is 0 Å². The van der Waals surface area contributed by atoms with Gasteiger partial charge in [-0.05, 0) is 32.6 Å². The van der Waals surface area contributed by atoms with Crippen LogP contribution in [0.3, 0.4) is 0 Å². The minimum atomic E-state index is -2.86. The SMILES string of the molecule is CC(C)n1cncc1CN1CCS(=O)(=O)CC1C1CCC1. The van der Waals surface area contributed by atoms with E-state index >= 15 is 0 Å². The molecule has 0 amide bonds. The molecule has 1 aromatic heterocycles. The quantitative estimate of drug-likeness (QED) is 0.852. The van der Waals surface area contributed by atoms with Gasteiger partial charge in [-0.15, -0.1) is 0 Å². The summed E-state index contributed by atoms with van der Waals surface area (Å²) < 4.78 is 26.2. The molecule has 6 heteroatoms. The summed E-state index contributed by atoms with van der Waals surface area (Å²) in [6.07, 6.45) is 7.40. The van der Waals surface area contributed by atoms with Gasteiger partial charge in [0.2, 0.25) is 0 Å². The molecule has 2 fully saturated rings. The zero-order valence-corrected chi connectivity index (χ0v) is 13.7. The molecule has 1 aliphatic carbocycles. The van der Waals surface area contributed by atoms with Crippen LogP contribution in [-0.4, -0.2) is 47.0 Å². The van der Waals surface area contributed by atoms with E-state index in [9.17, 15) is 8.42 Å². The third kappa shape index (κ3) is 3.16. The monoisotopic (exact) mass is 311 g/mol. The first kappa shape index (κ1) is 15.0. The van der Waals surface area contributed by atoms with Gasteiger partial charge in [0.15, 0.2) is 9.84 Å². The third-order valence-electron chi connectivity index (χ3n) is 4.94. The minimum absolute atomic E-state index is 0.202. The first-order chi connectivity index (χ1) is 9.96. The molecule has 0 radical (unpaired) electrons. The second-order valence-corrected chi connectivity index (χ2v) is 8.96. The van der Waals surface area contributed by atoms with E-state index in [1.165, 1.54) is 25.0 Å².